The van der Waals surface area contributed by atoms with Crippen LogP contribution in [-0.4, -0.2) is 50.3 Å². The largest absolute Gasteiger partial charge is 0.452 e. The highest BCUT2D eigenvalue weighted by molar-refractivity contribution is 7.89. The van der Waals surface area contributed by atoms with E-state index in [1.54, 1.807) is 13.8 Å². The molecule has 1 aromatic carbocycles. The standard InChI is InChI=1S/C21H33ClN2O5S/c1-6-24(7-2)30(27,28)17-11-12-19(22)18(13-17)21(26)29-14-20(25)23-16(5)10-8-9-15(3)4/h11-13,15-16H,6-10,14H2,1-5H3,(H,23,25). The summed E-state index contributed by atoms with van der Waals surface area (Å²) in [4.78, 5) is 24.4. The summed E-state index contributed by atoms with van der Waals surface area (Å²) in [5.41, 5.74) is -0.0947. The number of amides is 1. The molecule has 0 spiro atoms. The lowest BCUT2D eigenvalue weighted by Gasteiger charge is -2.19. The van der Waals surface area contributed by atoms with Gasteiger partial charge in [0.1, 0.15) is 0 Å². The van der Waals surface area contributed by atoms with Gasteiger partial charge in [-0.05, 0) is 37.5 Å². The molecule has 0 saturated carbocycles. The maximum atomic E-state index is 12.7. The molecule has 1 unspecified atom stereocenters. The third kappa shape index (κ3) is 7.89. The number of carbonyl (C=O) groups excluding carboxylic acids is 2. The van der Waals surface area contributed by atoms with E-state index in [0.29, 0.717) is 19.0 Å². The van der Waals surface area contributed by atoms with Crippen molar-refractivity contribution >= 4 is 33.5 Å². The van der Waals surface area contributed by atoms with Gasteiger partial charge in [-0.1, -0.05) is 52.1 Å². The highest BCUT2D eigenvalue weighted by atomic mass is 35.5. The molecule has 30 heavy (non-hydrogen) atoms. The highest BCUT2D eigenvalue weighted by Gasteiger charge is 2.24. The average molecular weight is 461 g/mol. The summed E-state index contributed by atoms with van der Waals surface area (Å²) in [6.07, 6.45) is 2.93. The van der Waals surface area contributed by atoms with Crippen molar-refractivity contribution in [3.05, 3.63) is 28.8 Å². The molecule has 170 valence electrons. The van der Waals surface area contributed by atoms with Gasteiger partial charge in [-0.2, -0.15) is 4.31 Å². The van der Waals surface area contributed by atoms with Crippen LogP contribution in [-0.2, 0) is 19.6 Å². The molecule has 0 heterocycles. The third-order valence-electron chi connectivity index (χ3n) is 4.66. The summed E-state index contributed by atoms with van der Waals surface area (Å²) in [6.45, 7) is 9.80. The van der Waals surface area contributed by atoms with Crippen molar-refractivity contribution in [1.82, 2.24) is 9.62 Å². The number of rotatable bonds is 12. The van der Waals surface area contributed by atoms with E-state index in [0.717, 1.165) is 19.3 Å². The number of esters is 1. The second kappa shape index (κ2) is 12.3. The molecule has 0 aliphatic rings. The fourth-order valence-electron chi connectivity index (χ4n) is 2.96. The van der Waals surface area contributed by atoms with Crippen molar-refractivity contribution in [2.45, 2.75) is 64.8 Å². The Kier molecular flexibility index (Phi) is 10.8. The Morgan fingerprint density at radius 2 is 1.77 bits per heavy atom. The first-order chi connectivity index (χ1) is 14.0. The van der Waals surface area contributed by atoms with Crippen molar-refractivity contribution < 1.29 is 22.7 Å². The highest BCUT2D eigenvalue weighted by Crippen LogP contribution is 2.23. The predicted octanol–water partition coefficient (Wildman–Crippen LogP) is 3.86. The van der Waals surface area contributed by atoms with Gasteiger partial charge in [0, 0.05) is 19.1 Å². The summed E-state index contributed by atoms with van der Waals surface area (Å²) >= 11 is 6.06. The zero-order valence-electron chi connectivity index (χ0n) is 18.4. The molecule has 9 heteroatoms. The monoisotopic (exact) mass is 460 g/mol. The van der Waals surface area contributed by atoms with Gasteiger partial charge in [-0.3, -0.25) is 4.79 Å². The first kappa shape index (κ1) is 26.4. The average Bonchev–Trinajstić information content (AvgIpc) is 2.66. The molecule has 7 nitrogen and oxygen atoms in total. The summed E-state index contributed by atoms with van der Waals surface area (Å²) in [5, 5.41) is 2.85. The van der Waals surface area contributed by atoms with Crippen LogP contribution in [0, 0.1) is 5.92 Å². The molecule has 0 radical (unpaired) electrons. The number of halogens is 1. The molecular weight excluding hydrogens is 428 g/mol. The van der Waals surface area contributed by atoms with Crippen molar-refractivity contribution in [3.8, 4) is 0 Å². The van der Waals surface area contributed by atoms with Crippen LogP contribution >= 0.6 is 11.6 Å². The second-order valence-electron chi connectivity index (χ2n) is 7.60. The first-order valence-corrected chi connectivity index (χ1v) is 12.1. The number of nitrogens with zero attached hydrogens (tertiary/aromatic N) is 1. The van der Waals surface area contributed by atoms with E-state index in [1.165, 1.54) is 22.5 Å². The summed E-state index contributed by atoms with van der Waals surface area (Å²) in [7, 11) is -3.75. The molecule has 1 amide bonds. The maximum absolute atomic E-state index is 12.7. The SMILES string of the molecule is CCN(CC)S(=O)(=O)c1ccc(Cl)c(C(=O)OCC(=O)NC(C)CCCC(C)C)c1. The molecular formula is C21H33ClN2O5S. The van der Waals surface area contributed by atoms with E-state index in [9.17, 15) is 18.0 Å². The zero-order chi connectivity index (χ0) is 22.9. The molecule has 1 atom stereocenters. The van der Waals surface area contributed by atoms with Crippen molar-refractivity contribution in [3.63, 3.8) is 0 Å². The molecule has 1 aromatic rings. The lowest BCUT2D eigenvalue weighted by molar-refractivity contribution is -0.124. The summed E-state index contributed by atoms with van der Waals surface area (Å²) < 4.78 is 31.7. The minimum atomic E-state index is -3.75. The van der Waals surface area contributed by atoms with Gasteiger partial charge in [0.15, 0.2) is 6.61 Å². The minimum absolute atomic E-state index is 0.0268. The van der Waals surface area contributed by atoms with Gasteiger partial charge in [0.25, 0.3) is 5.91 Å². The number of carbonyl (C=O) groups is 2. The maximum Gasteiger partial charge on any atom is 0.340 e. The molecule has 0 fully saturated rings. The number of benzene rings is 1. The molecule has 0 aliphatic heterocycles. The van der Waals surface area contributed by atoms with E-state index in [-0.39, 0.29) is 21.5 Å². The Balaban J connectivity index is 2.75. The van der Waals surface area contributed by atoms with E-state index in [2.05, 4.69) is 19.2 Å². The van der Waals surface area contributed by atoms with Gasteiger partial charge >= 0.3 is 5.97 Å². The minimum Gasteiger partial charge on any atom is -0.452 e. The van der Waals surface area contributed by atoms with Gasteiger partial charge in [-0.25, -0.2) is 13.2 Å². The lowest BCUT2D eigenvalue weighted by Crippen LogP contribution is -2.36. The number of ether oxygens (including phenoxy) is 1. The second-order valence-corrected chi connectivity index (χ2v) is 9.95. The van der Waals surface area contributed by atoms with Crippen LogP contribution in [0.5, 0.6) is 0 Å². The number of hydrogen-bond acceptors (Lipinski definition) is 5. The molecule has 0 bridgehead atoms. The van der Waals surface area contributed by atoms with Crippen LogP contribution in [0.1, 0.15) is 64.2 Å². The van der Waals surface area contributed by atoms with E-state index < -0.39 is 28.5 Å². The van der Waals surface area contributed by atoms with Crippen LogP contribution in [0.15, 0.2) is 23.1 Å². The fourth-order valence-corrected chi connectivity index (χ4v) is 4.64. The summed E-state index contributed by atoms with van der Waals surface area (Å²) in [6, 6.07) is 3.84. The van der Waals surface area contributed by atoms with Gasteiger partial charge in [0.05, 0.1) is 15.5 Å². The predicted molar refractivity (Wildman–Crippen MR) is 118 cm³/mol. The third-order valence-corrected chi connectivity index (χ3v) is 7.04. The van der Waals surface area contributed by atoms with E-state index >= 15 is 0 Å². The fraction of sp³-hybridized carbons (Fsp3) is 0.619. The van der Waals surface area contributed by atoms with Crippen molar-refractivity contribution in [1.29, 1.82) is 0 Å². The van der Waals surface area contributed by atoms with Crippen LogP contribution in [0.2, 0.25) is 5.02 Å². The van der Waals surface area contributed by atoms with Crippen molar-refractivity contribution in [2.24, 2.45) is 5.92 Å². The van der Waals surface area contributed by atoms with Crippen LogP contribution in [0.25, 0.3) is 0 Å². The van der Waals surface area contributed by atoms with Crippen LogP contribution < -0.4 is 5.32 Å². The molecule has 0 saturated heterocycles. The quantitative estimate of drug-likeness (QED) is 0.478. The smallest absolute Gasteiger partial charge is 0.340 e. The lowest BCUT2D eigenvalue weighted by atomic mass is 10.0. The van der Waals surface area contributed by atoms with Gasteiger partial charge in [-0.15, -0.1) is 0 Å². The normalized spacial score (nSPS) is 12.8. The molecule has 0 aliphatic carbocycles. The Morgan fingerprint density at radius 3 is 2.33 bits per heavy atom. The van der Waals surface area contributed by atoms with E-state index in [1.807, 2.05) is 6.92 Å². The molecule has 0 aromatic heterocycles. The van der Waals surface area contributed by atoms with Gasteiger partial charge in [0.2, 0.25) is 10.0 Å². The number of sulfonamides is 1. The Labute approximate surface area is 185 Å². The molecule has 1 rings (SSSR count). The first-order valence-electron chi connectivity index (χ1n) is 10.3. The zero-order valence-corrected chi connectivity index (χ0v) is 20.0. The summed E-state index contributed by atoms with van der Waals surface area (Å²) in [5.74, 6) is -0.650. The Bertz CT molecular complexity index is 823. The number of hydrogen-bond donors (Lipinski definition) is 1. The Morgan fingerprint density at radius 1 is 1.13 bits per heavy atom. The Hall–Kier alpha value is -1.64. The van der Waals surface area contributed by atoms with Crippen molar-refractivity contribution in [2.75, 3.05) is 19.7 Å². The van der Waals surface area contributed by atoms with Crippen LogP contribution in [0.4, 0.5) is 0 Å². The van der Waals surface area contributed by atoms with Gasteiger partial charge < -0.3 is 10.1 Å². The topological polar surface area (TPSA) is 92.8 Å². The van der Waals surface area contributed by atoms with E-state index in [4.69, 9.17) is 16.3 Å². The molecule has 1 N–H and O–H groups in total. The van der Waals surface area contributed by atoms with Crippen LogP contribution in [0.3, 0.4) is 0 Å². The number of nitrogens with one attached hydrogen (secondary N) is 1.